The summed E-state index contributed by atoms with van der Waals surface area (Å²) in [5.74, 6) is 0.696. The maximum Gasteiger partial charge on any atom is 0.315 e. The van der Waals surface area contributed by atoms with Gasteiger partial charge in [-0.1, -0.05) is 45.8 Å². The van der Waals surface area contributed by atoms with Gasteiger partial charge in [0.1, 0.15) is 11.7 Å². The monoisotopic (exact) mass is 374 g/mol. The van der Waals surface area contributed by atoms with Crippen molar-refractivity contribution in [2.75, 3.05) is 13.2 Å². The van der Waals surface area contributed by atoms with Crippen molar-refractivity contribution in [1.29, 1.82) is 0 Å². The molecule has 4 nitrogen and oxygen atoms in total. The number of carbonyl (C=O) groups excluding carboxylic acids is 1. The minimum absolute atomic E-state index is 0.131. The summed E-state index contributed by atoms with van der Waals surface area (Å²) in [6, 6.07) is 0. The van der Waals surface area contributed by atoms with Crippen molar-refractivity contribution >= 4 is 12.3 Å². The summed E-state index contributed by atoms with van der Waals surface area (Å²) in [6.45, 7) is 9.66. The lowest BCUT2D eigenvalue weighted by atomic mass is 9.43. The van der Waals surface area contributed by atoms with Gasteiger partial charge in [0.2, 0.25) is 0 Å². The Kier molecular flexibility index (Phi) is 4.38. The van der Waals surface area contributed by atoms with E-state index in [1.54, 1.807) is 0 Å². The molecule has 4 unspecified atom stereocenters. The third-order valence-corrected chi connectivity index (χ3v) is 8.83. The third-order valence-electron chi connectivity index (χ3n) is 8.83. The van der Waals surface area contributed by atoms with Crippen LogP contribution in [0.5, 0.6) is 0 Å². The van der Waals surface area contributed by atoms with E-state index in [0.717, 1.165) is 37.5 Å². The second-order valence-corrected chi connectivity index (χ2v) is 10.0. The van der Waals surface area contributed by atoms with E-state index in [4.69, 9.17) is 4.74 Å². The maximum atomic E-state index is 13.1. The molecule has 1 N–H and O–H groups in total. The number of carboxylic acid groups (broad SMARTS) is 1. The summed E-state index contributed by atoms with van der Waals surface area (Å²) >= 11 is 0. The van der Waals surface area contributed by atoms with E-state index in [0.29, 0.717) is 31.5 Å². The van der Waals surface area contributed by atoms with E-state index in [1.165, 1.54) is 0 Å². The summed E-state index contributed by atoms with van der Waals surface area (Å²) in [5, 5.41) is 10.8. The normalized spacial score (nSPS) is 47.2. The van der Waals surface area contributed by atoms with Crippen molar-refractivity contribution in [3.63, 3.8) is 0 Å². The Hall–Kier alpha value is -1.16. The van der Waals surface area contributed by atoms with Gasteiger partial charge in [-0.3, -0.25) is 4.79 Å². The molecule has 0 aromatic rings. The van der Waals surface area contributed by atoms with Gasteiger partial charge in [0.15, 0.2) is 0 Å². The second-order valence-electron chi connectivity index (χ2n) is 10.0. The predicted molar refractivity (Wildman–Crippen MR) is 103 cm³/mol. The molecule has 0 aromatic heterocycles. The average molecular weight is 375 g/mol. The molecule has 0 spiro atoms. The van der Waals surface area contributed by atoms with E-state index in [2.05, 4.69) is 33.8 Å². The second kappa shape index (κ2) is 6.17. The number of rotatable bonds is 7. The first-order chi connectivity index (χ1) is 12.8. The third kappa shape index (κ3) is 1.98. The zero-order valence-corrected chi connectivity index (χ0v) is 17.2. The van der Waals surface area contributed by atoms with Crippen LogP contribution in [0, 0.1) is 45.8 Å². The van der Waals surface area contributed by atoms with E-state index < -0.39 is 22.2 Å². The number of aliphatic carboxylic acids is 1. The highest BCUT2D eigenvalue weighted by molar-refractivity contribution is 5.90. The minimum Gasteiger partial charge on any atom is -0.481 e. The van der Waals surface area contributed by atoms with E-state index in [-0.39, 0.29) is 17.8 Å². The maximum absolute atomic E-state index is 13.1. The molecule has 4 aliphatic rings. The number of ether oxygens (including phenoxy) is 1. The molecule has 4 rings (SSSR count). The quantitative estimate of drug-likeness (QED) is 0.409. The number of fused-ring (bicyclic) bond motifs is 2. The van der Waals surface area contributed by atoms with Crippen LogP contribution in [0.25, 0.3) is 0 Å². The van der Waals surface area contributed by atoms with Gasteiger partial charge < -0.3 is 14.6 Å². The Labute approximate surface area is 162 Å². The van der Waals surface area contributed by atoms with Gasteiger partial charge in [-0.05, 0) is 55.3 Å². The smallest absolute Gasteiger partial charge is 0.315 e. The van der Waals surface area contributed by atoms with Crippen LogP contribution in [-0.2, 0) is 14.3 Å². The van der Waals surface area contributed by atoms with Crippen LogP contribution >= 0.6 is 0 Å². The van der Waals surface area contributed by atoms with Crippen LogP contribution in [-0.4, -0.2) is 30.6 Å². The molecule has 27 heavy (non-hydrogen) atoms. The molecule has 0 aliphatic heterocycles. The van der Waals surface area contributed by atoms with Crippen LogP contribution in [0.2, 0.25) is 0 Å². The van der Waals surface area contributed by atoms with Crippen LogP contribution in [0.15, 0.2) is 11.6 Å². The molecule has 0 heterocycles. The predicted octanol–water partition coefficient (Wildman–Crippen LogP) is 4.34. The summed E-state index contributed by atoms with van der Waals surface area (Å²) in [7, 11) is 0. The van der Waals surface area contributed by atoms with Gasteiger partial charge >= 0.3 is 5.97 Å². The lowest BCUT2D eigenvalue weighted by molar-refractivity contribution is -0.186. The van der Waals surface area contributed by atoms with Gasteiger partial charge in [0.05, 0.1) is 12.0 Å². The Morgan fingerprint density at radius 3 is 2.70 bits per heavy atom. The van der Waals surface area contributed by atoms with Crippen molar-refractivity contribution in [2.24, 2.45) is 45.8 Å². The Balaban J connectivity index is 1.94. The lowest BCUT2D eigenvalue weighted by Crippen LogP contribution is -2.63. The SMILES string of the molecule is CCCOC[C@]12CC3C(C)CCC3[C@@]3(C=O)CC1C=C(C(C)C)[C@@]23C(=O)O. The number of hydrogen-bond donors (Lipinski definition) is 1. The number of carbonyl (C=O) groups is 2. The van der Waals surface area contributed by atoms with Gasteiger partial charge in [-0.15, -0.1) is 0 Å². The summed E-state index contributed by atoms with van der Waals surface area (Å²) in [5.41, 5.74) is -1.31. The highest BCUT2D eigenvalue weighted by atomic mass is 16.5. The van der Waals surface area contributed by atoms with Crippen LogP contribution in [0.1, 0.15) is 59.8 Å². The summed E-state index contributed by atoms with van der Waals surface area (Å²) in [4.78, 5) is 25.9. The zero-order chi connectivity index (χ0) is 19.6. The molecule has 150 valence electrons. The van der Waals surface area contributed by atoms with Crippen LogP contribution in [0.4, 0.5) is 0 Å². The van der Waals surface area contributed by atoms with Gasteiger partial charge in [0.25, 0.3) is 0 Å². The first kappa shape index (κ1) is 19.2. The number of allylic oxidation sites excluding steroid dienone is 1. The Morgan fingerprint density at radius 1 is 1.37 bits per heavy atom. The Morgan fingerprint density at radius 2 is 2.11 bits per heavy atom. The molecule has 3 fully saturated rings. The fourth-order valence-corrected chi connectivity index (χ4v) is 8.03. The molecule has 0 aromatic carbocycles. The summed E-state index contributed by atoms with van der Waals surface area (Å²) < 4.78 is 6.09. The molecule has 7 atom stereocenters. The van der Waals surface area contributed by atoms with Gasteiger partial charge in [-0.2, -0.15) is 0 Å². The lowest BCUT2D eigenvalue weighted by Gasteiger charge is -2.58. The number of aldehydes is 1. The molecule has 0 saturated heterocycles. The highest BCUT2D eigenvalue weighted by Gasteiger charge is 2.84. The average Bonchev–Trinajstić information content (AvgIpc) is 3.19. The standard InChI is InChI=1S/C23H34O4/c1-5-8-27-13-22-11-17-15(4)6-7-18(17)21(12-24)10-16(22)9-19(14(2)3)23(21,22)20(25)26/h9,12,14-18H,5-8,10-11,13H2,1-4H3,(H,25,26)/t15?,16?,17?,18?,21-,22+,23-/m0/s1. The van der Waals surface area contributed by atoms with Crippen LogP contribution in [0.3, 0.4) is 0 Å². The molecular weight excluding hydrogens is 340 g/mol. The fraction of sp³-hybridized carbons (Fsp3) is 0.826. The van der Waals surface area contributed by atoms with Crippen molar-refractivity contribution in [3.8, 4) is 0 Å². The number of hydrogen-bond acceptors (Lipinski definition) is 3. The van der Waals surface area contributed by atoms with Crippen molar-refractivity contribution in [3.05, 3.63) is 11.6 Å². The molecular formula is C23H34O4. The molecule has 4 heteroatoms. The largest absolute Gasteiger partial charge is 0.481 e. The minimum atomic E-state index is -1.08. The molecule has 3 saturated carbocycles. The first-order valence-corrected chi connectivity index (χ1v) is 10.8. The topological polar surface area (TPSA) is 63.6 Å². The summed E-state index contributed by atoms with van der Waals surface area (Å²) in [6.07, 6.45) is 7.93. The van der Waals surface area contributed by atoms with Crippen molar-refractivity contribution in [1.82, 2.24) is 0 Å². The van der Waals surface area contributed by atoms with Crippen molar-refractivity contribution in [2.45, 2.75) is 59.8 Å². The fourth-order valence-electron chi connectivity index (χ4n) is 8.03. The van der Waals surface area contributed by atoms with Crippen LogP contribution < -0.4 is 0 Å². The first-order valence-electron chi connectivity index (χ1n) is 10.8. The molecule has 4 aliphatic carbocycles. The molecule has 0 amide bonds. The van der Waals surface area contributed by atoms with Gasteiger partial charge in [0, 0.05) is 12.0 Å². The molecule has 0 radical (unpaired) electrons. The van der Waals surface area contributed by atoms with Crippen molar-refractivity contribution < 1.29 is 19.4 Å². The Bertz CT molecular complexity index is 682. The number of carboxylic acids is 1. The van der Waals surface area contributed by atoms with E-state index in [1.807, 2.05) is 0 Å². The van der Waals surface area contributed by atoms with E-state index in [9.17, 15) is 14.7 Å². The van der Waals surface area contributed by atoms with Gasteiger partial charge in [-0.25, -0.2) is 0 Å². The molecule has 4 bridgehead atoms. The van der Waals surface area contributed by atoms with E-state index >= 15 is 0 Å². The highest BCUT2D eigenvalue weighted by Crippen LogP contribution is 2.82. The zero-order valence-electron chi connectivity index (χ0n) is 17.2.